The molecular weight excluding hydrogens is 448 g/mol. The number of aryl methyl sites for hydroxylation is 1. The van der Waals surface area contributed by atoms with Crippen LogP contribution >= 0.6 is 0 Å². The normalized spacial score (nSPS) is 19.8. The van der Waals surface area contributed by atoms with Crippen molar-refractivity contribution in [1.82, 2.24) is 20.5 Å². The first kappa shape index (κ1) is 22.0. The Hall–Kier alpha value is -3.83. The van der Waals surface area contributed by atoms with Crippen molar-refractivity contribution in [3.05, 3.63) is 71.6 Å². The van der Waals surface area contributed by atoms with Gasteiger partial charge in [-0.05, 0) is 37.3 Å². The number of amides is 1. The van der Waals surface area contributed by atoms with Crippen LogP contribution in [0.5, 0.6) is 0 Å². The van der Waals surface area contributed by atoms with E-state index in [9.17, 15) is 9.18 Å². The number of anilines is 1. The number of nitrogens with zero attached hydrogens (tertiary/aromatic N) is 4. The van der Waals surface area contributed by atoms with Crippen LogP contribution in [0.25, 0.3) is 16.8 Å². The lowest BCUT2D eigenvalue weighted by molar-refractivity contribution is 0.0173. The van der Waals surface area contributed by atoms with Crippen molar-refractivity contribution < 1.29 is 28.3 Å². The number of halogens is 2. The SMILES string of the molecule is Cc1cn(C[C@H]2CN(c3ccc(-c4ccc(C5=CC(CO)ON5)cc4F)c(F)c3)C(=O)O2)nn1. The molecule has 0 radical (unpaired) electrons. The number of hydrogen-bond acceptors (Lipinski definition) is 7. The lowest BCUT2D eigenvalue weighted by atomic mass is 10.0. The first-order valence-electron chi connectivity index (χ1n) is 10.6. The van der Waals surface area contributed by atoms with Gasteiger partial charge in [0, 0.05) is 22.9 Å². The molecule has 1 fully saturated rings. The number of rotatable bonds is 6. The van der Waals surface area contributed by atoms with Gasteiger partial charge >= 0.3 is 6.09 Å². The zero-order valence-electron chi connectivity index (χ0n) is 18.1. The lowest BCUT2D eigenvalue weighted by Gasteiger charge is -2.15. The maximum absolute atomic E-state index is 15.0. The Morgan fingerprint density at radius 3 is 2.59 bits per heavy atom. The Balaban J connectivity index is 1.33. The minimum Gasteiger partial charge on any atom is -0.442 e. The molecule has 1 unspecified atom stereocenters. The summed E-state index contributed by atoms with van der Waals surface area (Å²) in [7, 11) is 0. The molecule has 2 atom stereocenters. The predicted octanol–water partition coefficient (Wildman–Crippen LogP) is 2.79. The maximum atomic E-state index is 15.0. The second-order valence-corrected chi connectivity index (χ2v) is 8.08. The smallest absolute Gasteiger partial charge is 0.414 e. The summed E-state index contributed by atoms with van der Waals surface area (Å²) in [5.41, 5.74) is 4.86. The third-order valence-corrected chi connectivity index (χ3v) is 5.61. The van der Waals surface area contributed by atoms with Crippen LogP contribution in [0, 0.1) is 18.6 Å². The second-order valence-electron chi connectivity index (χ2n) is 8.08. The number of benzene rings is 2. The monoisotopic (exact) mass is 469 g/mol. The van der Waals surface area contributed by atoms with Crippen LogP contribution in [-0.4, -0.2) is 51.6 Å². The van der Waals surface area contributed by atoms with E-state index in [-0.39, 0.29) is 24.3 Å². The van der Waals surface area contributed by atoms with E-state index in [4.69, 9.17) is 14.7 Å². The average molecular weight is 469 g/mol. The molecule has 2 N–H and O–H groups in total. The van der Waals surface area contributed by atoms with Gasteiger partial charge < -0.3 is 9.84 Å². The van der Waals surface area contributed by atoms with E-state index in [1.807, 2.05) is 0 Å². The summed E-state index contributed by atoms with van der Waals surface area (Å²) in [5.74, 6) is -1.29. The molecule has 0 saturated carbocycles. The first-order chi connectivity index (χ1) is 16.4. The van der Waals surface area contributed by atoms with Crippen LogP contribution in [0.1, 0.15) is 11.3 Å². The number of hydroxylamine groups is 1. The molecule has 11 heteroatoms. The minimum atomic E-state index is -0.672. The molecular formula is C23H21F2N5O4. The van der Waals surface area contributed by atoms with Gasteiger partial charge in [0.25, 0.3) is 0 Å². The van der Waals surface area contributed by atoms with Crippen molar-refractivity contribution in [2.24, 2.45) is 0 Å². The number of cyclic esters (lactones) is 1. The molecule has 2 aromatic carbocycles. The number of hydrogen-bond donors (Lipinski definition) is 2. The highest BCUT2D eigenvalue weighted by atomic mass is 19.1. The molecule has 176 valence electrons. The van der Waals surface area contributed by atoms with E-state index in [2.05, 4.69) is 15.8 Å². The summed E-state index contributed by atoms with van der Waals surface area (Å²) in [6.45, 7) is 2.15. The highest BCUT2D eigenvalue weighted by molar-refractivity contribution is 5.90. The minimum absolute atomic E-state index is 0.0628. The number of carbonyl (C=O) groups excluding carboxylic acids is 1. The van der Waals surface area contributed by atoms with Gasteiger partial charge in [-0.1, -0.05) is 17.3 Å². The number of nitrogens with one attached hydrogen (secondary N) is 1. The van der Waals surface area contributed by atoms with E-state index in [1.165, 1.54) is 29.2 Å². The molecule has 0 spiro atoms. The van der Waals surface area contributed by atoms with Crippen LogP contribution < -0.4 is 10.4 Å². The molecule has 3 heterocycles. The summed E-state index contributed by atoms with van der Waals surface area (Å²) >= 11 is 0. The van der Waals surface area contributed by atoms with Crippen molar-refractivity contribution in [3.8, 4) is 11.1 Å². The van der Waals surface area contributed by atoms with Gasteiger partial charge in [0.2, 0.25) is 0 Å². The molecule has 5 rings (SSSR count). The number of aliphatic hydroxyl groups is 1. The molecule has 1 aromatic heterocycles. The molecule has 3 aromatic rings. The Morgan fingerprint density at radius 2 is 1.94 bits per heavy atom. The van der Waals surface area contributed by atoms with Gasteiger partial charge in [-0.25, -0.2) is 18.3 Å². The summed E-state index contributed by atoms with van der Waals surface area (Å²) in [6, 6.07) is 8.53. The van der Waals surface area contributed by atoms with Crippen LogP contribution in [0.4, 0.5) is 19.3 Å². The third-order valence-electron chi connectivity index (χ3n) is 5.61. The molecule has 1 amide bonds. The van der Waals surface area contributed by atoms with Crippen LogP contribution in [0.15, 0.2) is 48.7 Å². The van der Waals surface area contributed by atoms with Crippen LogP contribution in [0.3, 0.4) is 0 Å². The largest absolute Gasteiger partial charge is 0.442 e. The number of carbonyl (C=O) groups is 1. The fourth-order valence-electron chi connectivity index (χ4n) is 3.95. The van der Waals surface area contributed by atoms with E-state index < -0.39 is 29.9 Å². The Labute approximate surface area is 193 Å². The van der Waals surface area contributed by atoms with E-state index in [1.54, 1.807) is 36.0 Å². The second kappa shape index (κ2) is 8.84. The Morgan fingerprint density at radius 1 is 1.18 bits per heavy atom. The topological polar surface area (TPSA) is 102 Å². The van der Waals surface area contributed by atoms with Gasteiger partial charge in [-0.2, -0.15) is 0 Å². The highest BCUT2D eigenvalue weighted by Gasteiger charge is 2.33. The average Bonchev–Trinajstić information content (AvgIpc) is 3.54. The zero-order valence-corrected chi connectivity index (χ0v) is 18.1. The van der Waals surface area contributed by atoms with Crippen molar-refractivity contribution in [2.45, 2.75) is 25.7 Å². The van der Waals surface area contributed by atoms with Crippen molar-refractivity contribution in [3.63, 3.8) is 0 Å². The predicted molar refractivity (Wildman–Crippen MR) is 117 cm³/mol. The molecule has 9 nitrogen and oxygen atoms in total. The van der Waals surface area contributed by atoms with Crippen molar-refractivity contribution >= 4 is 17.5 Å². The van der Waals surface area contributed by atoms with Crippen molar-refractivity contribution in [1.29, 1.82) is 0 Å². The summed E-state index contributed by atoms with van der Waals surface area (Å²) in [4.78, 5) is 18.8. The molecule has 0 bridgehead atoms. The Bertz CT molecular complexity index is 1280. The number of aromatic nitrogens is 3. The fourth-order valence-corrected chi connectivity index (χ4v) is 3.95. The lowest BCUT2D eigenvalue weighted by Crippen LogP contribution is -2.26. The van der Waals surface area contributed by atoms with E-state index in [0.717, 1.165) is 5.69 Å². The fraction of sp³-hybridized carbons (Fsp3) is 0.261. The standard InChI is InChI=1S/C23H21F2N5O4/c1-13-9-29(28-26-13)10-17-11-30(23(32)33-17)15-3-5-19(21(25)7-15)18-4-2-14(6-20(18)24)22-8-16(12-31)34-27-22/h2-9,16-17,27,31H,10-12H2,1H3/t16?,17-/m0/s1. The molecule has 34 heavy (non-hydrogen) atoms. The maximum Gasteiger partial charge on any atom is 0.414 e. The summed E-state index contributed by atoms with van der Waals surface area (Å²) < 4.78 is 36.8. The zero-order chi connectivity index (χ0) is 23.8. The first-order valence-corrected chi connectivity index (χ1v) is 10.6. The van der Waals surface area contributed by atoms with Gasteiger partial charge in [0.1, 0.15) is 23.8 Å². The van der Waals surface area contributed by atoms with E-state index in [0.29, 0.717) is 23.5 Å². The van der Waals surface area contributed by atoms with Crippen LogP contribution in [0.2, 0.25) is 0 Å². The molecule has 0 aliphatic carbocycles. The van der Waals surface area contributed by atoms with Gasteiger partial charge in [-0.3, -0.25) is 15.2 Å². The van der Waals surface area contributed by atoms with Gasteiger partial charge in [0.15, 0.2) is 0 Å². The molecule has 2 aliphatic heterocycles. The highest BCUT2D eigenvalue weighted by Crippen LogP contribution is 2.32. The quantitative estimate of drug-likeness (QED) is 0.573. The van der Waals surface area contributed by atoms with Crippen LogP contribution in [-0.2, 0) is 16.1 Å². The Kier molecular flexibility index (Phi) is 5.72. The summed E-state index contributed by atoms with van der Waals surface area (Å²) in [5, 5.41) is 17.0. The molecule has 2 aliphatic rings. The summed E-state index contributed by atoms with van der Waals surface area (Å²) in [6.07, 6.45) is 1.80. The van der Waals surface area contributed by atoms with Gasteiger partial charge in [0.05, 0.1) is 36.8 Å². The van der Waals surface area contributed by atoms with Crippen molar-refractivity contribution in [2.75, 3.05) is 18.1 Å². The number of ether oxygens (including phenoxy) is 1. The molecule has 1 saturated heterocycles. The number of aliphatic hydroxyl groups excluding tert-OH is 1. The van der Waals surface area contributed by atoms with E-state index >= 15 is 4.39 Å². The third kappa shape index (κ3) is 4.22. The van der Waals surface area contributed by atoms with Gasteiger partial charge in [-0.15, -0.1) is 5.10 Å².